The molecule has 1 aliphatic heterocycles. The molecule has 0 spiro atoms. The molecule has 1 aromatic heterocycles. The maximum atomic E-state index is 13.4. The van der Waals surface area contributed by atoms with E-state index in [1.54, 1.807) is 24.0 Å². The van der Waals surface area contributed by atoms with Gasteiger partial charge in [-0.25, -0.2) is 22.9 Å². The molecular formula is C23H21F3N4O2S. The van der Waals surface area contributed by atoms with Gasteiger partial charge in [0.05, 0.1) is 12.2 Å². The molecule has 1 N–H and O–H groups in total. The van der Waals surface area contributed by atoms with E-state index in [2.05, 4.69) is 10.3 Å². The normalized spacial score (nSPS) is 15.9. The second-order valence-corrected chi connectivity index (χ2v) is 8.85. The number of amides is 3. The summed E-state index contributed by atoms with van der Waals surface area (Å²) in [6.45, 7) is 4.26. The van der Waals surface area contributed by atoms with E-state index in [0.29, 0.717) is 34.4 Å². The molecule has 33 heavy (non-hydrogen) atoms. The van der Waals surface area contributed by atoms with Gasteiger partial charge in [0.15, 0.2) is 5.13 Å². The quantitative estimate of drug-likeness (QED) is 0.567. The van der Waals surface area contributed by atoms with Crippen molar-refractivity contribution in [2.75, 3.05) is 11.4 Å². The van der Waals surface area contributed by atoms with E-state index in [0.717, 1.165) is 35.1 Å². The van der Waals surface area contributed by atoms with Crippen LogP contribution in [0.2, 0.25) is 0 Å². The average Bonchev–Trinajstić information content (AvgIpc) is 3.27. The number of carbonyl (C=O) groups excluding carboxylic acids is 2. The van der Waals surface area contributed by atoms with Gasteiger partial charge in [-0.15, -0.1) is 0 Å². The van der Waals surface area contributed by atoms with Gasteiger partial charge >= 0.3 is 6.03 Å². The van der Waals surface area contributed by atoms with Crippen LogP contribution in [0.3, 0.4) is 0 Å². The van der Waals surface area contributed by atoms with Gasteiger partial charge in [-0.3, -0.25) is 9.69 Å². The molecule has 10 heteroatoms. The molecule has 1 saturated heterocycles. The predicted octanol–water partition coefficient (Wildman–Crippen LogP) is 4.63. The van der Waals surface area contributed by atoms with Gasteiger partial charge in [-0.2, -0.15) is 0 Å². The van der Waals surface area contributed by atoms with E-state index in [1.807, 2.05) is 6.92 Å². The third-order valence-electron chi connectivity index (χ3n) is 5.32. The number of anilines is 1. The molecule has 0 unspecified atom stereocenters. The maximum absolute atomic E-state index is 13.4. The van der Waals surface area contributed by atoms with Crippen LogP contribution < -0.4 is 10.2 Å². The second-order valence-electron chi connectivity index (χ2n) is 7.87. The number of benzene rings is 2. The summed E-state index contributed by atoms with van der Waals surface area (Å²) in [7, 11) is 0. The summed E-state index contributed by atoms with van der Waals surface area (Å²) in [6.07, 6.45) is 0. The van der Waals surface area contributed by atoms with E-state index in [1.165, 1.54) is 17.0 Å². The van der Waals surface area contributed by atoms with Crippen LogP contribution in [0, 0.1) is 24.4 Å². The van der Waals surface area contributed by atoms with Crippen molar-refractivity contribution in [3.05, 3.63) is 81.6 Å². The maximum Gasteiger partial charge on any atom is 0.326 e. The Hall–Kier alpha value is -3.40. The molecule has 3 aromatic rings. The highest BCUT2D eigenvalue weighted by molar-refractivity contribution is 7.17. The number of hydrogen-bond donors (Lipinski definition) is 1. The highest BCUT2D eigenvalue weighted by Gasteiger charge is 2.37. The lowest BCUT2D eigenvalue weighted by Gasteiger charge is -2.20. The number of aryl methyl sites for hydroxylation is 1. The molecule has 1 atom stereocenters. The molecular weight excluding hydrogens is 453 g/mol. The molecule has 3 amide bonds. The first kappa shape index (κ1) is 22.8. The predicted molar refractivity (Wildman–Crippen MR) is 119 cm³/mol. The van der Waals surface area contributed by atoms with E-state index < -0.39 is 17.5 Å². The van der Waals surface area contributed by atoms with Crippen molar-refractivity contribution in [3.8, 4) is 0 Å². The molecule has 0 saturated carbocycles. The number of halogens is 3. The zero-order chi connectivity index (χ0) is 23.7. The molecule has 2 aromatic carbocycles. The SMILES string of the molecule is Cc1nc(N2C[C@@H](C)N(Cc3ccc(F)cc3)C2=O)sc1C(=O)NCc1cc(F)cc(F)c1. The largest absolute Gasteiger partial charge is 0.347 e. The van der Waals surface area contributed by atoms with Crippen LogP contribution in [0.15, 0.2) is 42.5 Å². The van der Waals surface area contributed by atoms with Gasteiger partial charge in [0.1, 0.15) is 22.3 Å². The summed E-state index contributed by atoms with van der Waals surface area (Å²) in [6, 6.07) is 8.68. The lowest BCUT2D eigenvalue weighted by Crippen LogP contribution is -2.33. The van der Waals surface area contributed by atoms with Crippen molar-refractivity contribution in [1.82, 2.24) is 15.2 Å². The monoisotopic (exact) mass is 474 g/mol. The molecule has 0 radical (unpaired) electrons. The lowest BCUT2D eigenvalue weighted by molar-refractivity contribution is 0.0954. The Morgan fingerprint density at radius 3 is 2.42 bits per heavy atom. The van der Waals surface area contributed by atoms with Crippen molar-refractivity contribution >= 4 is 28.4 Å². The fourth-order valence-electron chi connectivity index (χ4n) is 3.64. The minimum absolute atomic E-state index is 0.0503. The van der Waals surface area contributed by atoms with Crippen LogP contribution in [0.5, 0.6) is 0 Å². The number of thiazole rings is 1. The van der Waals surface area contributed by atoms with Crippen molar-refractivity contribution in [3.63, 3.8) is 0 Å². The smallest absolute Gasteiger partial charge is 0.326 e. The summed E-state index contributed by atoms with van der Waals surface area (Å²) < 4.78 is 39.9. The Kier molecular flexibility index (Phi) is 6.37. The van der Waals surface area contributed by atoms with Gasteiger partial charge in [-0.1, -0.05) is 23.5 Å². The van der Waals surface area contributed by atoms with Crippen molar-refractivity contribution in [2.45, 2.75) is 33.0 Å². The van der Waals surface area contributed by atoms with Gasteiger partial charge in [-0.05, 0) is 49.2 Å². The Balaban J connectivity index is 1.45. The standard InChI is InChI=1S/C23H21F3N4O2S/c1-13-11-30(23(32)29(13)12-15-3-5-17(24)6-4-15)22-28-14(2)20(33-22)21(31)27-10-16-7-18(25)9-19(26)8-16/h3-9,13H,10-12H2,1-2H3,(H,27,31)/t13-/m1/s1. The van der Waals surface area contributed by atoms with E-state index in [-0.39, 0.29) is 24.4 Å². The summed E-state index contributed by atoms with van der Waals surface area (Å²) in [5.41, 5.74) is 1.56. The highest BCUT2D eigenvalue weighted by atomic mass is 32.1. The topological polar surface area (TPSA) is 65.5 Å². The number of hydrogen-bond acceptors (Lipinski definition) is 4. The van der Waals surface area contributed by atoms with Crippen molar-refractivity contribution < 1.29 is 22.8 Å². The number of nitrogens with zero attached hydrogens (tertiary/aromatic N) is 3. The number of rotatable bonds is 6. The Morgan fingerprint density at radius 2 is 1.76 bits per heavy atom. The van der Waals surface area contributed by atoms with Gasteiger partial charge < -0.3 is 10.2 Å². The first-order valence-corrected chi connectivity index (χ1v) is 11.1. The minimum Gasteiger partial charge on any atom is -0.347 e. The second kappa shape index (κ2) is 9.22. The Bertz CT molecular complexity index is 1180. The zero-order valence-electron chi connectivity index (χ0n) is 17.9. The molecule has 1 aliphatic rings. The fraction of sp³-hybridized carbons (Fsp3) is 0.261. The molecule has 0 aliphatic carbocycles. The fourth-order valence-corrected chi connectivity index (χ4v) is 4.62. The Labute approximate surface area is 192 Å². The first-order chi connectivity index (χ1) is 15.7. The zero-order valence-corrected chi connectivity index (χ0v) is 18.8. The molecule has 0 bridgehead atoms. The summed E-state index contributed by atoms with van der Waals surface area (Å²) in [5.74, 6) is -2.22. The van der Waals surface area contributed by atoms with Crippen LogP contribution in [0.25, 0.3) is 0 Å². The van der Waals surface area contributed by atoms with E-state index >= 15 is 0 Å². The lowest BCUT2D eigenvalue weighted by atomic mass is 10.2. The third kappa shape index (κ3) is 5.00. The van der Waals surface area contributed by atoms with Crippen molar-refractivity contribution in [2.24, 2.45) is 0 Å². The van der Waals surface area contributed by atoms with E-state index in [4.69, 9.17) is 0 Å². The van der Waals surface area contributed by atoms with Crippen LogP contribution in [0.4, 0.5) is 23.1 Å². The molecule has 172 valence electrons. The van der Waals surface area contributed by atoms with Gasteiger partial charge in [0, 0.05) is 25.2 Å². The number of aromatic nitrogens is 1. The van der Waals surface area contributed by atoms with Gasteiger partial charge in [0.2, 0.25) is 0 Å². The molecule has 1 fully saturated rings. The summed E-state index contributed by atoms with van der Waals surface area (Å²) in [4.78, 5) is 33.6. The van der Waals surface area contributed by atoms with E-state index in [9.17, 15) is 22.8 Å². The summed E-state index contributed by atoms with van der Waals surface area (Å²) in [5, 5.41) is 3.03. The third-order valence-corrected chi connectivity index (χ3v) is 6.50. The number of carbonyl (C=O) groups is 2. The van der Waals surface area contributed by atoms with Crippen LogP contribution in [0.1, 0.15) is 33.4 Å². The molecule has 6 nitrogen and oxygen atoms in total. The van der Waals surface area contributed by atoms with Crippen LogP contribution >= 0.6 is 11.3 Å². The summed E-state index contributed by atoms with van der Waals surface area (Å²) >= 11 is 1.08. The average molecular weight is 475 g/mol. The number of urea groups is 1. The van der Waals surface area contributed by atoms with Crippen molar-refractivity contribution in [1.29, 1.82) is 0 Å². The number of nitrogens with one attached hydrogen (secondary N) is 1. The van der Waals surface area contributed by atoms with Crippen LogP contribution in [-0.2, 0) is 13.1 Å². The first-order valence-electron chi connectivity index (χ1n) is 10.2. The van der Waals surface area contributed by atoms with Gasteiger partial charge in [0.25, 0.3) is 5.91 Å². The Morgan fingerprint density at radius 1 is 1.09 bits per heavy atom. The van der Waals surface area contributed by atoms with Crippen LogP contribution in [-0.4, -0.2) is 34.4 Å². The minimum atomic E-state index is -0.720. The molecule has 2 heterocycles. The highest BCUT2D eigenvalue weighted by Crippen LogP contribution is 2.31. The molecule has 4 rings (SSSR count).